The molecule has 2 fully saturated rings. The second kappa shape index (κ2) is 7.79. The van der Waals surface area contributed by atoms with Crippen LogP contribution in [0.25, 0.3) is 0 Å². The van der Waals surface area contributed by atoms with Crippen LogP contribution < -0.4 is 16.4 Å². The van der Waals surface area contributed by atoms with E-state index >= 15 is 0 Å². The van der Waals surface area contributed by atoms with Crippen LogP contribution in [-0.2, 0) is 4.79 Å². The van der Waals surface area contributed by atoms with Gasteiger partial charge in [0.1, 0.15) is 0 Å². The molecule has 24 heavy (non-hydrogen) atoms. The van der Waals surface area contributed by atoms with Crippen molar-refractivity contribution in [2.45, 2.75) is 63.5 Å². The van der Waals surface area contributed by atoms with Gasteiger partial charge in [0.25, 0.3) is 5.91 Å². The summed E-state index contributed by atoms with van der Waals surface area (Å²) in [4.78, 5) is 24.5. The van der Waals surface area contributed by atoms with Crippen LogP contribution >= 0.6 is 0 Å². The van der Waals surface area contributed by atoms with Gasteiger partial charge < -0.3 is 16.4 Å². The molecule has 2 aliphatic rings. The Bertz CT molecular complexity index is 579. The third-order valence-corrected chi connectivity index (χ3v) is 5.20. The number of amides is 2. The lowest BCUT2D eigenvalue weighted by molar-refractivity contribution is -0.119. The lowest BCUT2D eigenvalue weighted by Crippen LogP contribution is -2.36. The summed E-state index contributed by atoms with van der Waals surface area (Å²) in [6, 6.07) is 7.58. The zero-order valence-electron chi connectivity index (χ0n) is 14.1. The third-order valence-electron chi connectivity index (χ3n) is 5.20. The maximum absolute atomic E-state index is 12.3. The summed E-state index contributed by atoms with van der Waals surface area (Å²) in [6.45, 7) is 0. The van der Waals surface area contributed by atoms with E-state index in [9.17, 15) is 9.59 Å². The summed E-state index contributed by atoms with van der Waals surface area (Å²) in [5, 5.41) is 6.03. The van der Waals surface area contributed by atoms with Gasteiger partial charge in [-0.15, -0.1) is 0 Å². The number of rotatable bonds is 4. The second-order valence-electron chi connectivity index (χ2n) is 7.15. The first-order valence-corrected chi connectivity index (χ1v) is 9.09. The van der Waals surface area contributed by atoms with Gasteiger partial charge in [-0.05, 0) is 56.4 Å². The molecule has 0 aliphatic heterocycles. The van der Waals surface area contributed by atoms with Crippen LogP contribution in [0.15, 0.2) is 24.3 Å². The monoisotopic (exact) mass is 329 g/mol. The van der Waals surface area contributed by atoms with Gasteiger partial charge in [0.15, 0.2) is 0 Å². The zero-order chi connectivity index (χ0) is 16.9. The van der Waals surface area contributed by atoms with Crippen molar-refractivity contribution >= 4 is 17.5 Å². The number of benzene rings is 1. The molecule has 0 aromatic heterocycles. The summed E-state index contributed by atoms with van der Waals surface area (Å²) in [6.07, 6.45) is 8.34. The highest BCUT2D eigenvalue weighted by atomic mass is 16.2. The first-order valence-electron chi connectivity index (χ1n) is 9.09. The molecule has 0 spiro atoms. The quantitative estimate of drug-likeness (QED) is 0.794. The first-order chi connectivity index (χ1) is 11.6. The summed E-state index contributed by atoms with van der Waals surface area (Å²) >= 11 is 0. The van der Waals surface area contributed by atoms with Gasteiger partial charge in [-0.1, -0.05) is 19.3 Å². The molecule has 1 aromatic rings. The first kappa shape index (κ1) is 17.0. The molecule has 2 aliphatic carbocycles. The molecule has 0 saturated heterocycles. The van der Waals surface area contributed by atoms with Crippen molar-refractivity contribution in [2.75, 3.05) is 5.32 Å². The summed E-state index contributed by atoms with van der Waals surface area (Å²) in [5.74, 6) is 0.0122. The van der Waals surface area contributed by atoms with E-state index in [0.29, 0.717) is 11.6 Å². The Hall–Kier alpha value is -1.88. The Morgan fingerprint density at radius 1 is 0.958 bits per heavy atom. The van der Waals surface area contributed by atoms with E-state index < -0.39 is 0 Å². The predicted octanol–water partition coefficient (Wildman–Crippen LogP) is 2.82. The van der Waals surface area contributed by atoms with Crippen LogP contribution in [0, 0.1) is 5.92 Å². The third kappa shape index (κ3) is 4.35. The van der Waals surface area contributed by atoms with Crippen molar-refractivity contribution < 1.29 is 9.59 Å². The van der Waals surface area contributed by atoms with Crippen molar-refractivity contribution in [1.29, 1.82) is 0 Å². The highest BCUT2D eigenvalue weighted by Crippen LogP contribution is 2.25. The van der Waals surface area contributed by atoms with Gasteiger partial charge in [-0.3, -0.25) is 9.59 Å². The van der Waals surface area contributed by atoms with E-state index in [1.807, 2.05) is 0 Å². The molecular formula is C19H27N3O2. The lowest BCUT2D eigenvalue weighted by Gasteiger charge is -2.22. The van der Waals surface area contributed by atoms with Crippen LogP contribution in [0.2, 0.25) is 0 Å². The van der Waals surface area contributed by atoms with Gasteiger partial charge in [-0.2, -0.15) is 0 Å². The molecule has 2 saturated carbocycles. The van der Waals surface area contributed by atoms with Crippen LogP contribution in [0.1, 0.15) is 61.7 Å². The minimum absolute atomic E-state index is 0.00859. The van der Waals surface area contributed by atoms with E-state index in [1.54, 1.807) is 24.3 Å². The molecule has 2 unspecified atom stereocenters. The summed E-state index contributed by atoms with van der Waals surface area (Å²) < 4.78 is 0. The number of nitrogens with two attached hydrogens (primary N) is 1. The molecule has 130 valence electrons. The van der Waals surface area contributed by atoms with Crippen molar-refractivity contribution in [1.82, 2.24) is 5.32 Å². The van der Waals surface area contributed by atoms with Crippen LogP contribution in [0.5, 0.6) is 0 Å². The number of nitrogens with one attached hydrogen (secondary N) is 2. The van der Waals surface area contributed by atoms with Crippen LogP contribution in [0.4, 0.5) is 5.69 Å². The van der Waals surface area contributed by atoms with Crippen molar-refractivity contribution in [3.63, 3.8) is 0 Å². The van der Waals surface area contributed by atoms with Crippen LogP contribution in [-0.4, -0.2) is 23.9 Å². The molecule has 4 N–H and O–H groups in total. The zero-order valence-corrected chi connectivity index (χ0v) is 14.1. The normalized spacial score (nSPS) is 24.5. The Kier molecular flexibility index (Phi) is 5.51. The smallest absolute Gasteiger partial charge is 0.251 e. The fraction of sp³-hybridized carbons (Fsp3) is 0.579. The SMILES string of the molecule is NC1CCC(C(=O)Nc2ccc(C(=O)NC3CCCCC3)cc2)C1. The average Bonchev–Trinajstić information content (AvgIpc) is 3.03. The van der Waals surface area contributed by atoms with Crippen molar-refractivity contribution in [2.24, 2.45) is 11.7 Å². The molecule has 2 atom stereocenters. The van der Waals surface area contributed by atoms with Crippen molar-refractivity contribution in [3.05, 3.63) is 29.8 Å². The van der Waals surface area contributed by atoms with Gasteiger partial charge in [0.2, 0.25) is 5.91 Å². The number of carbonyl (C=O) groups excluding carboxylic acids is 2. The number of hydrogen-bond donors (Lipinski definition) is 3. The van der Waals surface area contributed by atoms with Gasteiger partial charge in [0, 0.05) is 29.3 Å². The predicted molar refractivity (Wildman–Crippen MR) is 94.7 cm³/mol. The topological polar surface area (TPSA) is 84.2 Å². The second-order valence-corrected chi connectivity index (χ2v) is 7.15. The largest absolute Gasteiger partial charge is 0.349 e. The van der Waals surface area contributed by atoms with E-state index in [4.69, 9.17) is 5.73 Å². The van der Waals surface area contributed by atoms with Gasteiger partial charge >= 0.3 is 0 Å². The molecule has 3 rings (SSSR count). The molecule has 1 aromatic carbocycles. The van der Waals surface area contributed by atoms with E-state index in [0.717, 1.165) is 37.8 Å². The molecule has 0 bridgehead atoms. The molecule has 5 nitrogen and oxygen atoms in total. The number of carbonyl (C=O) groups is 2. The van der Waals surface area contributed by atoms with Crippen LogP contribution in [0.3, 0.4) is 0 Å². The molecule has 2 amide bonds. The maximum atomic E-state index is 12.3. The molecule has 5 heteroatoms. The Morgan fingerprint density at radius 2 is 1.67 bits per heavy atom. The number of hydrogen-bond acceptors (Lipinski definition) is 3. The van der Waals surface area contributed by atoms with E-state index in [2.05, 4.69) is 10.6 Å². The fourth-order valence-electron chi connectivity index (χ4n) is 3.72. The summed E-state index contributed by atoms with van der Waals surface area (Å²) in [7, 11) is 0. The Morgan fingerprint density at radius 3 is 2.29 bits per heavy atom. The van der Waals surface area contributed by atoms with E-state index in [-0.39, 0.29) is 23.8 Å². The number of anilines is 1. The van der Waals surface area contributed by atoms with E-state index in [1.165, 1.54) is 19.3 Å². The van der Waals surface area contributed by atoms with Gasteiger partial charge in [-0.25, -0.2) is 0 Å². The minimum Gasteiger partial charge on any atom is -0.349 e. The molecular weight excluding hydrogens is 302 g/mol. The maximum Gasteiger partial charge on any atom is 0.251 e. The minimum atomic E-state index is -0.0263. The van der Waals surface area contributed by atoms with Crippen molar-refractivity contribution in [3.8, 4) is 0 Å². The fourth-order valence-corrected chi connectivity index (χ4v) is 3.72. The highest BCUT2D eigenvalue weighted by Gasteiger charge is 2.27. The molecule has 0 radical (unpaired) electrons. The molecule has 0 heterocycles. The Labute approximate surface area is 143 Å². The highest BCUT2D eigenvalue weighted by molar-refractivity contribution is 5.96. The summed E-state index contributed by atoms with van der Waals surface area (Å²) in [5.41, 5.74) is 7.23. The standard InChI is InChI=1S/C19H27N3O2/c20-15-9-6-14(12-15)19(24)22-17-10-7-13(8-11-17)18(23)21-16-4-2-1-3-5-16/h7-8,10-11,14-16H,1-6,9,12,20H2,(H,21,23)(H,22,24). The Balaban J connectivity index is 1.52. The van der Waals surface area contributed by atoms with Gasteiger partial charge in [0.05, 0.1) is 0 Å². The average molecular weight is 329 g/mol. The lowest BCUT2D eigenvalue weighted by atomic mass is 9.95.